The van der Waals surface area contributed by atoms with Crippen LogP contribution >= 0.6 is 12.4 Å². The highest BCUT2D eigenvalue weighted by Gasteiger charge is 2.11. The zero-order valence-corrected chi connectivity index (χ0v) is 17.2. The minimum atomic E-state index is 0. The first-order valence-electron chi connectivity index (χ1n) is 9.71. The maximum Gasteiger partial charge on any atom is 0.165 e. The van der Waals surface area contributed by atoms with Gasteiger partial charge in [-0.2, -0.15) is 0 Å². The van der Waals surface area contributed by atoms with Crippen LogP contribution in [0.3, 0.4) is 0 Å². The number of hydrogen-bond donors (Lipinski definition) is 2. The second kappa shape index (κ2) is 11.5. The molecular weight excluding hydrogens is 372 g/mol. The lowest BCUT2D eigenvalue weighted by Crippen LogP contribution is -2.17. The number of ether oxygens (including phenoxy) is 1. The van der Waals surface area contributed by atoms with Gasteiger partial charge >= 0.3 is 0 Å². The van der Waals surface area contributed by atoms with Gasteiger partial charge in [0.2, 0.25) is 0 Å². The van der Waals surface area contributed by atoms with Crippen molar-refractivity contribution in [2.24, 2.45) is 0 Å². The highest BCUT2D eigenvalue weighted by molar-refractivity contribution is 6.07. The van der Waals surface area contributed by atoms with Crippen molar-refractivity contribution in [1.29, 1.82) is 0 Å². The van der Waals surface area contributed by atoms with Crippen molar-refractivity contribution >= 4 is 29.1 Å². The molecule has 4 nitrogen and oxygen atoms in total. The van der Waals surface area contributed by atoms with E-state index in [-0.39, 0.29) is 18.2 Å². The molecule has 0 aliphatic rings. The number of methoxy groups -OCH3 is 1. The van der Waals surface area contributed by atoms with E-state index < -0.39 is 0 Å². The lowest BCUT2D eigenvalue weighted by molar-refractivity contribution is 0.0981. The van der Waals surface area contributed by atoms with E-state index in [1.807, 2.05) is 42.6 Å². The number of nitrogens with one attached hydrogen (secondary N) is 2. The Balaban J connectivity index is 0.00000280. The average Bonchev–Trinajstić information content (AvgIpc) is 3.14. The lowest BCUT2D eigenvalue weighted by Gasteiger charge is -2.08. The Morgan fingerprint density at radius 2 is 1.75 bits per heavy atom. The van der Waals surface area contributed by atoms with E-state index in [1.54, 1.807) is 7.11 Å². The molecule has 1 heterocycles. The van der Waals surface area contributed by atoms with Gasteiger partial charge in [-0.1, -0.05) is 36.4 Å². The van der Waals surface area contributed by atoms with Gasteiger partial charge in [0.1, 0.15) is 5.75 Å². The number of halogens is 1. The normalized spacial score (nSPS) is 10.6. The molecule has 0 fully saturated rings. The smallest absolute Gasteiger partial charge is 0.165 e. The summed E-state index contributed by atoms with van der Waals surface area (Å²) >= 11 is 0. The first-order chi connectivity index (χ1) is 13.3. The van der Waals surface area contributed by atoms with Crippen LogP contribution in [0, 0.1) is 0 Å². The second-order valence-corrected chi connectivity index (χ2v) is 6.79. The number of hydrogen-bond acceptors (Lipinski definition) is 3. The first-order valence-corrected chi connectivity index (χ1v) is 9.71. The van der Waals surface area contributed by atoms with Gasteiger partial charge in [0.05, 0.1) is 7.11 Å². The van der Waals surface area contributed by atoms with E-state index in [2.05, 4.69) is 22.4 Å². The fourth-order valence-corrected chi connectivity index (χ4v) is 3.41. The number of ketones is 1. The molecule has 2 aromatic carbocycles. The fourth-order valence-electron chi connectivity index (χ4n) is 3.41. The van der Waals surface area contributed by atoms with Crippen LogP contribution in [0.1, 0.15) is 41.6 Å². The summed E-state index contributed by atoms with van der Waals surface area (Å²) < 4.78 is 5.38. The molecule has 0 aliphatic carbocycles. The largest absolute Gasteiger partial charge is 0.496 e. The predicted molar refractivity (Wildman–Crippen MR) is 118 cm³/mol. The van der Waals surface area contributed by atoms with Gasteiger partial charge < -0.3 is 15.0 Å². The van der Waals surface area contributed by atoms with Crippen molar-refractivity contribution < 1.29 is 9.53 Å². The molecule has 0 bridgehead atoms. The Bertz CT molecular complexity index is 876. The summed E-state index contributed by atoms with van der Waals surface area (Å²) in [6, 6.07) is 16.1. The van der Waals surface area contributed by atoms with E-state index in [9.17, 15) is 4.79 Å². The average molecular weight is 401 g/mol. The minimum Gasteiger partial charge on any atom is -0.496 e. The van der Waals surface area contributed by atoms with E-state index >= 15 is 0 Å². The number of carbonyl (C=O) groups excluding carboxylic acids is 1. The van der Waals surface area contributed by atoms with Crippen molar-refractivity contribution in [3.63, 3.8) is 0 Å². The Morgan fingerprint density at radius 1 is 1.00 bits per heavy atom. The van der Waals surface area contributed by atoms with Crippen LogP contribution in [-0.4, -0.2) is 31.0 Å². The molecule has 150 valence electrons. The standard InChI is InChI=1S/C23H28N2O2.ClH/c1-27-23-14-5-2-9-18(23)10-8-16-24-15-7-6-13-22(26)20-17-25-21-12-4-3-11-19(20)21;/h2-5,9,11-12,14,17,24-25H,6-8,10,13,15-16H2,1H3;1H. The van der Waals surface area contributed by atoms with Gasteiger partial charge in [-0.05, 0) is 56.5 Å². The number of rotatable bonds is 11. The van der Waals surface area contributed by atoms with E-state index in [0.29, 0.717) is 6.42 Å². The number of Topliss-reactive ketones (excluding diaryl/α,β-unsaturated/α-hetero) is 1. The Labute approximate surface area is 173 Å². The maximum absolute atomic E-state index is 12.4. The summed E-state index contributed by atoms with van der Waals surface area (Å²) in [6.45, 7) is 1.93. The molecule has 0 saturated heterocycles. The van der Waals surface area contributed by atoms with Gasteiger partial charge in [-0.25, -0.2) is 0 Å². The number of unbranched alkanes of at least 4 members (excludes halogenated alkanes) is 1. The van der Waals surface area contributed by atoms with Gasteiger partial charge in [-0.3, -0.25) is 4.79 Å². The van der Waals surface area contributed by atoms with Gasteiger partial charge in [0.25, 0.3) is 0 Å². The molecule has 0 spiro atoms. The maximum atomic E-state index is 12.4. The van der Waals surface area contributed by atoms with Crippen LogP contribution < -0.4 is 10.1 Å². The third-order valence-electron chi connectivity index (χ3n) is 4.89. The quantitative estimate of drug-likeness (QED) is 0.344. The summed E-state index contributed by atoms with van der Waals surface area (Å²) in [6.07, 6.45) is 6.46. The third-order valence-corrected chi connectivity index (χ3v) is 4.89. The van der Waals surface area contributed by atoms with E-state index in [1.165, 1.54) is 5.56 Å². The Morgan fingerprint density at radius 3 is 2.61 bits per heavy atom. The van der Waals surface area contributed by atoms with Crippen molar-refractivity contribution in [1.82, 2.24) is 10.3 Å². The summed E-state index contributed by atoms with van der Waals surface area (Å²) in [5, 5.41) is 4.50. The lowest BCUT2D eigenvalue weighted by atomic mass is 10.0. The van der Waals surface area contributed by atoms with Crippen molar-refractivity contribution in [3.05, 3.63) is 65.9 Å². The number of aromatic amines is 1. The van der Waals surface area contributed by atoms with Crippen molar-refractivity contribution in [3.8, 4) is 5.75 Å². The van der Waals surface area contributed by atoms with Gasteiger partial charge in [0, 0.05) is 29.1 Å². The van der Waals surface area contributed by atoms with Gasteiger partial charge in [0.15, 0.2) is 5.78 Å². The second-order valence-electron chi connectivity index (χ2n) is 6.79. The molecule has 2 N–H and O–H groups in total. The van der Waals surface area contributed by atoms with Crippen LogP contribution in [0.4, 0.5) is 0 Å². The first kappa shape index (κ1) is 22.0. The number of benzene rings is 2. The number of aromatic nitrogens is 1. The van der Waals surface area contributed by atoms with Crippen molar-refractivity contribution in [2.75, 3.05) is 20.2 Å². The molecule has 0 atom stereocenters. The number of carbonyl (C=O) groups is 1. The Hall–Kier alpha value is -2.30. The Kier molecular flexibility index (Phi) is 9.05. The van der Waals surface area contributed by atoms with Crippen LogP contribution in [0.5, 0.6) is 5.75 Å². The topological polar surface area (TPSA) is 54.1 Å². The predicted octanol–water partition coefficient (Wildman–Crippen LogP) is 5.17. The van der Waals surface area contributed by atoms with E-state index in [0.717, 1.165) is 61.0 Å². The zero-order chi connectivity index (χ0) is 18.9. The number of para-hydroxylation sites is 2. The molecule has 0 radical (unpaired) electrons. The SMILES string of the molecule is COc1ccccc1CCCNCCCCC(=O)c1c[nH]c2ccccc12.Cl. The summed E-state index contributed by atoms with van der Waals surface area (Å²) in [7, 11) is 1.72. The molecule has 0 saturated carbocycles. The molecule has 3 aromatic rings. The fraction of sp³-hybridized carbons (Fsp3) is 0.348. The minimum absolute atomic E-state index is 0. The van der Waals surface area contributed by atoms with Crippen LogP contribution in [0.2, 0.25) is 0 Å². The third kappa shape index (κ3) is 5.85. The van der Waals surface area contributed by atoms with Crippen LogP contribution in [0.15, 0.2) is 54.7 Å². The van der Waals surface area contributed by atoms with Crippen molar-refractivity contribution in [2.45, 2.75) is 32.1 Å². The molecule has 1 aromatic heterocycles. The molecule has 0 amide bonds. The van der Waals surface area contributed by atoms with Crippen LogP contribution in [-0.2, 0) is 6.42 Å². The highest BCUT2D eigenvalue weighted by atomic mass is 35.5. The molecular formula is C23H29ClN2O2. The molecule has 28 heavy (non-hydrogen) atoms. The zero-order valence-electron chi connectivity index (χ0n) is 16.4. The summed E-state index contributed by atoms with van der Waals surface area (Å²) in [5.41, 5.74) is 3.10. The van der Waals surface area contributed by atoms with Gasteiger partial charge in [-0.15, -0.1) is 12.4 Å². The molecule has 5 heteroatoms. The molecule has 0 aliphatic heterocycles. The number of aryl methyl sites for hydroxylation is 1. The molecule has 0 unspecified atom stereocenters. The molecule has 3 rings (SSSR count). The number of H-pyrrole nitrogens is 1. The van der Waals surface area contributed by atoms with E-state index in [4.69, 9.17) is 4.74 Å². The summed E-state index contributed by atoms with van der Waals surface area (Å²) in [5.74, 6) is 1.19. The highest BCUT2D eigenvalue weighted by Crippen LogP contribution is 2.20. The number of fused-ring (bicyclic) bond motifs is 1. The summed E-state index contributed by atoms with van der Waals surface area (Å²) in [4.78, 5) is 15.6. The van der Waals surface area contributed by atoms with Crippen LogP contribution in [0.25, 0.3) is 10.9 Å². The monoisotopic (exact) mass is 400 g/mol.